The van der Waals surface area contributed by atoms with E-state index in [2.05, 4.69) is 11.8 Å². The van der Waals surface area contributed by atoms with Crippen LogP contribution in [0.3, 0.4) is 0 Å². The first kappa shape index (κ1) is 11.2. The second-order valence-electron chi connectivity index (χ2n) is 4.02. The molecule has 0 spiro atoms. The summed E-state index contributed by atoms with van der Waals surface area (Å²) in [4.78, 5) is 16.2. The second-order valence-corrected chi connectivity index (χ2v) is 4.02. The third kappa shape index (κ3) is 2.44. The number of hydrogen-bond donors (Lipinski definition) is 0. The van der Waals surface area contributed by atoms with E-state index in [0.29, 0.717) is 5.76 Å². The Morgan fingerprint density at radius 1 is 1.38 bits per heavy atom. The summed E-state index contributed by atoms with van der Waals surface area (Å²) in [6, 6.07) is 0. The predicted molar refractivity (Wildman–Crippen MR) is 61.6 cm³/mol. The molecule has 2 aliphatic rings. The van der Waals surface area contributed by atoms with Gasteiger partial charge in [0.2, 0.25) is 0 Å². The van der Waals surface area contributed by atoms with E-state index in [4.69, 9.17) is 4.74 Å². The van der Waals surface area contributed by atoms with Gasteiger partial charge in [-0.05, 0) is 25.1 Å². The molecule has 0 bridgehead atoms. The summed E-state index contributed by atoms with van der Waals surface area (Å²) >= 11 is 0. The molecule has 4 nitrogen and oxygen atoms in total. The van der Waals surface area contributed by atoms with E-state index in [1.54, 1.807) is 6.26 Å². The highest BCUT2D eigenvalue weighted by molar-refractivity contribution is 5.91. The molecule has 0 unspecified atom stereocenters. The van der Waals surface area contributed by atoms with Crippen molar-refractivity contribution in [2.24, 2.45) is 0 Å². The third-order valence-electron chi connectivity index (χ3n) is 3.05. The van der Waals surface area contributed by atoms with Crippen molar-refractivity contribution >= 4 is 5.91 Å². The Balaban J connectivity index is 1.89. The molecule has 1 amide bonds. The number of carbonyl (C=O) groups excluding carboxylic acids is 1. The molecule has 16 heavy (non-hydrogen) atoms. The van der Waals surface area contributed by atoms with Crippen LogP contribution in [0.2, 0.25) is 0 Å². The van der Waals surface area contributed by atoms with Gasteiger partial charge in [0.05, 0.1) is 6.26 Å². The summed E-state index contributed by atoms with van der Waals surface area (Å²) in [5.74, 6) is 0.507. The zero-order valence-electron chi connectivity index (χ0n) is 9.69. The first-order chi connectivity index (χ1) is 7.81. The Kier molecular flexibility index (Phi) is 3.62. The normalized spacial score (nSPS) is 21.6. The summed E-state index contributed by atoms with van der Waals surface area (Å²) in [6.07, 6.45) is 6.12. The lowest BCUT2D eigenvalue weighted by atomic mass is 10.2. The van der Waals surface area contributed by atoms with Gasteiger partial charge in [0.25, 0.3) is 5.91 Å². The molecule has 4 heteroatoms. The molecule has 2 heterocycles. The van der Waals surface area contributed by atoms with Crippen molar-refractivity contribution in [3.63, 3.8) is 0 Å². The molecule has 88 valence electrons. The van der Waals surface area contributed by atoms with Gasteiger partial charge in [-0.3, -0.25) is 4.79 Å². The van der Waals surface area contributed by atoms with Crippen LogP contribution >= 0.6 is 0 Å². The van der Waals surface area contributed by atoms with Gasteiger partial charge in [-0.25, -0.2) is 0 Å². The lowest BCUT2D eigenvalue weighted by Gasteiger charge is -2.34. The molecule has 2 aliphatic heterocycles. The number of nitrogens with zero attached hydrogens (tertiary/aromatic N) is 2. The van der Waals surface area contributed by atoms with Crippen LogP contribution in [-0.2, 0) is 9.53 Å². The van der Waals surface area contributed by atoms with Crippen molar-refractivity contribution in [2.45, 2.75) is 13.3 Å². The number of allylic oxidation sites excluding steroid dienone is 2. The average molecular weight is 222 g/mol. The van der Waals surface area contributed by atoms with E-state index < -0.39 is 0 Å². The van der Waals surface area contributed by atoms with Crippen molar-refractivity contribution in [3.05, 3.63) is 24.2 Å². The Bertz CT molecular complexity index is 315. The molecule has 0 saturated carbocycles. The summed E-state index contributed by atoms with van der Waals surface area (Å²) in [5, 5.41) is 0. The highest BCUT2D eigenvalue weighted by atomic mass is 16.5. The van der Waals surface area contributed by atoms with Crippen molar-refractivity contribution in [1.82, 2.24) is 9.80 Å². The molecule has 0 aliphatic carbocycles. The largest absolute Gasteiger partial charge is 0.460 e. The van der Waals surface area contributed by atoms with E-state index in [-0.39, 0.29) is 5.91 Å². The molecule has 2 rings (SSSR count). The maximum atomic E-state index is 12.0. The standard InChI is InChI=1S/C12H18N2O2/c1-2-13-6-8-14(9-7-13)12(15)11-5-3-4-10-16-11/h4-5,10H,2-3,6-9H2,1H3. The van der Waals surface area contributed by atoms with Gasteiger partial charge in [0.1, 0.15) is 0 Å². The summed E-state index contributed by atoms with van der Waals surface area (Å²) < 4.78 is 5.22. The highest BCUT2D eigenvalue weighted by Crippen LogP contribution is 2.12. The number of likely N-dealkylation sites (N-methyl/N-ethyl adjacent to an activating group) is 1. The predicted octanol–water partition coefficient (Wildman–Crippen LogP) is 0.968. The van der Waals surface area contributed by atoms with Gasteiger partial charge in [-0.2, -0.15) is 0 Å². The quantitative estimate of drug-likeness (QED) is 0.698. The molecular formula is C12H18N2O2. The van der Waals surface area contributed by atoms with Gasteiger partial charge in [0, 0.05) is 26.2 Å². The Morgan fingerprint density at radius 3 is 2.69 bits per heavy atom. The van der Waals surface area contributed by atoms with E-state index in [9.17, 15) is 4.79 Å². The van der Waals surface area contributed by atoms with Crippen LogP contribution in [0.4, 0.5) is 0 Å². The maximum Gasteiger partial charge on any atom is 0.289 e. The van der Waals surface area contributed by atoms with Gasteiger partial charge in [-0.1, -0.05) is 6.92 Å². The number of piperazine rings is 1. The fourth-order valence-electron chi connectivity index (χ4n) is 1.96. The molecule has 0 radical (unpaired) electrons. The molecule has 1 saturated heterocycles. The number of rotatable bonds is 2. The van der Waals surface area contributed by atoms with Crippen LogP contribution in [-0.4, -0.2) is 48.4 Å². The molecule has 0 atom stereocenters. The molecule has 0 aromatic heterocycles. The van der Waals surface area contributed by atoms with Crippen LogP contribution < -0.4 is 0 Å². The van der Waals surface area contributed by atoms with Gasteiger partial charge in [-0.15, -0.1) is 0 Å². The minimum absolute atomic E-state index is 0.0279. The number of amides is 1. The monoisotopic (exact) mass is 222 g/mol. The fourth-order valence-corrected chi connectivity index (χ4v) is 1.96. The van der Waals surface area contributed by atoms with Gasteiger partial charge >= 0.3 is 0 Å². The van der Waals surface area contributed by atoms with Crippen LogP contribution in [0.1, 0.15) is 13.3 Å². The Labute approximate surface area is 96.2 Å². The number of ether oxygens (including phenoxy) is 1. The maximum absolute atomic E-state index is 12.0. The Morgan fingerprint density at radius 2 is 2.12 bits per heavy atom. The SMILES string of the molecule is CCN1CCN(C(=O)C2=CCC=CO2)CC1. The lowest BCUT2D eigenvalue weighted by Crippen LogP contribution is -2.49. The van der Waals surface area contributed by atoms with Crippen LogP contribution in [0.25, 0.3) is 0 Å². The van der Waals surface area contributed by atoms with E-state index in [1.165, 1.54) is 0 Å². The van der Waals surface area contributed by atoms with Crippen molar-refractivity contribution < 1.29 is 9.53 Å². The molecule has 0 aromatic carbocycles. The smallest absolute Gasteiger partial charge is 0.289 e. The molecule has 0 aromatic rings. The average Bonchev–Trinajstić information content (AvgIpc) is 2.39. The molecular weight excluding hydrogens is 204 g/mol. The van der Waals surface area contributed by atoms with Gasteiger partial charge in [0.15, 0.2) is 5.76 Å². The lowest BCUT2D eigenvalue weighted by molar-refractivity contribution is -0.131. The van der Waals surface area contributed by atoms with Crippen LogP contribution in [0.15, 0.2) is 24.2 Å². The second kappa shape index (κ2) is 5.16. The van der Waals surface area contributed by atoms with E-state index >= 15 is 0 Å². The zero-order valence-corrected chi connectivity index (χ0v) is 9.69. The number of carbonyl (C=O) groups is 1. The minimum atomic E-state index is 0.0279. The number of hydrogen-bond acceptors (Lipinski definition) is 3. The van der Waals surface area contributed by atoms with E-state index in [1.807, 2.05) is 17.1 Å². The topological polar surface area (TPSA) is 32.8 Å². The first-order valence-corrected chi connectivity index (χ1v) is 5.84. The third-order valence-corrected chi connectivity index (χ3v) is 3.05. The molecule has 0 N–H and O–H groups in total. The van der Waals surface area contributed by atoms with Crippen molar-refractivity contribution in [2.75, 3.05) is 32.7 Å². The van der Waals surface area contributed by atoms with Crippen LogP contribution in [0, 0.1) is 0 Å². The van der Waals surface area contributed by atoms with Crippen molar-refractivity contribution in [1.29, 1.82) is 0 Å². The minimum Gasteiger partial charge on any atom is -0.460 e. The van der Waals surface area contributed by atoms with Crippen LogP contribution in [0.5, 0.6) is 0 Å². The zero-order chi connectivity index (χ0) is 11.4. The van der Waals surface area contributed by atoms with Gasteiger partial charge < -0.3 is 14.5 Å². The summed E-state index contributed by atoms with van der Waals surface area (Å²) in [6.45, 7) is 6.74. The van der Waals surface area contributed by atoms with E-state index in [0.717, 1.165) is 39.1 Å². The summed E-state index contributed by atoms with van der Waals surface area (Å²) in [5.41, 5.74) is 0. The highest BCUT2D eigenvalue weighted by Gasteiger charge is 2.23. The van der Waals surface area contributed by atoms with Crippen molar-refractivity contribution in [3.8, 4) is 0 Å². The first-order valence-electron chi connectivity index (χ1n) is 5.84. The fraction of sp³-hybridized carbons (Fsp3) is 0.583. The molecule has 1 fully saturated rings. The summed E-state index contributed by atoms with van der Waals surface area (Å²) in [7, 11) is 0. The Hall–Kier alpha value is -1.29.